The number of aliphatic hydroxyl groups is 1. The van der Waals surface area contributed by atoms with Gasteiger partial charge in [0.15, 0.2) is 0 Å². The molecular weight excluding hydrogens is 464 g/mol. The maximum atomic E-state index is 12.4. The standard InChI is InChI=1S/C27H29BrN2O2/c1-32-22-6-3-5-21(13-22)26-10-11-30(16-18-8-9-18)17-27(26,31)14-20-12-19-4-2-7-23(28)25(19)29-24(20)15-26/h2-7,12-13,18,31H,8-11,14-17H2,1H3/t26-,27-/m0/s1. The average Bonchev–Trinajstić information content (AvgIpc) is 3.60. The quantitative estimate of drug-likeness (QED) is 0.563. The lowest BCUT2D eigenvalue weighted by molar-refractivity contribution is -0.104. The molecule has 6 rings (SSSR count). The first-order valence-electron chi connectivity index (χ1n) is 11.7. The van der Waals surface area contributed by atoms with Crippen LogP contribution < -0.4 is 4.74 Å². The number of rotatable bonds is 4. The van der Waals surface area contributed by atoms with Crippen molar-refractivity contribution in [2.75, 3.05) is 26.7 Å². The Morgan fingerprint density at radius 2 is 2.00 bits per heavy atom. The maximum absolute atomic E-state index is 12.4. The first-order valence-corrected chi connectivity index (χ1v) is 12.5. The molecule has 166 valence electrons. The van der Waals surface area contributed by atoms with E-state index in [1.165, 1.54) is 24.0 Å². The topological polar surface area (TPSA) is 45.6 Å². The van der Waals surface area contributed by atoms with Crippen LogP contribution in [0.1, 0.15) is 36.1 Å². The first-order chi connectivity index (χ1) is 15.5. The van der Waals surface area contributed by atoms with Gasteiger partial charge in [0, 0.05) is 46.9 Å². The SMILES string of the molecule is COc1cccc([C@@]23CCN(CC4CC4)C[C@@]2(O)Cc2cc4cccc(Br)c4nc2C3)c1. The van der Waals surface area contributed by atoms with Crippen molar-refractivity contribution >= 4 is 26.8 Å². The van der Waals surface area contributed by atoms with E-state index in [1.54, 1.807) is 7.11 Å². The molecule has 1 N–H and O–H groups in total. The monoisotopic (exact) mass is 492 g/mol. The molecule has 3 aliphatic rings. The number of hydrogen-bond acceptors (Lipinski definition) is 4. The predicted molar refractivity (Wildman–Crippen MR) is 130 cm³/mol. The Labute approximate surface area is 197 Å². The number of halogens is 1. The van der Waals surface area contributed by atoms with Crippen LogP contribution in [0.5, 0.6) is 5.75 Å². The van der Waals surface area contributed by atoms with E-state index in [9.17, 15) is 5.11 Å². The summed E-state index contributed by atoms with van der Waals surface area (Å²) in [6.07, 6.45) is 4.99. The van der Waals surface area contributed by atoms with E-state index in [2.05, 4.69) is 63.3 Å². The molecule has 32 heavy (non-hydrogen) atoms. The van der Waals surface area contributed by atoms with Crippen molar-refractivity contribution in [3.05, 3.63) is 69.8 Å². The Kier molecular flexibility index (Phi) is 4.87. The number of piperidine rings is 1. The van der Waals surface area contributed by atoms with Crippen LogP contribution in [0.3, 0.4) is 0 Å². The highest BCUT2D eigenvalue weighted by molar-refractivity contribution is 9.10. The summed E-state index contributed by atoms with van der Waals surface area (Å²) in [5.74, 6) is 1.67. The smallest absolute Gasteiger partial charge is 0.119 e. The second-order valence-corrected chi connectivity index (χ2v) is 10.9. The third-order valence-electron chi connectivity index (χ3n) is 7.98. The molecule has 0 amide bonds. The molecule has 1 aliphatic heterocycles. The molecule has 2 heterocycles. The number of β-amino-alcohol motifs (C(OH)–C–C–N with tert-alkyl or cyclic N) is 1. The molecule has 1 saturated heterocycles. The molecule has 0 bridgehead atoms. The normalized spacial score (nSPS) is 27.7. The summed E-state index contributed by atoms with van der Waals surface area (Å²) in [7, 11) is 1.71. The van der Waals surface area contributed by atoms with Gasteiger partial charge in [-0.3, -0.25) is 4.98 Å². The van der Waals surface area contributed by atoms with Gasteiger partial charge < -0.3 is 14.7 Å². The van der Waals surface area contributed by atoms with Crippen LogP contribution in [0.25, 0.3) is 10.9 Å². The number of fused-ring (bicyclic) bond motifs is 3. The second-order valence-electron chi connectivity index (χ2n) is 10.0. The van der Waals surface area contributed by atoms with Gasteiger partial charge in [-0.2, -0.15) is 0 Å². The molecule has 0 spiro atoms. The Hall–Kier alpha value is -1.95. The summed E-state index contributed by atoms with van der Waals surface area (Å²) in [5.41, 5.74) is 3.28. The van der Waals surface area contributed by atoms with Crippen LogP contribution in [0.15, 0.2) is 53.0 Å². The molecule has 0 unspecified atom stereocenters. The fraction of sp³-hybridized carbons (Fsp3) is 0.444. The predicted octanol–water partition coefficient (Wildman–Crippen LogP) is 4.89. The number of benzene rings is 2. The van der Waals surface area contributed by atoms with E-state index >= 15 is 0 Å². The molecule has 3 aromatic rings. The zero-order valence-electron chi connectivity index (χ0n) is 18.5. The zero-order valence-corrected chi connectivity index (χ0v) is 20.1. The Morgan fingerprint density at radius 3 is 2.81 bits per heavy atom. The third kappa shape index (κ3) is 3.28. The van der Waals surface area contributed by atoms with Crippen molar-refractivity contribution in [2.45, 2.75) is 43.1 Å². The number of nitrogens with zero attached hydrogens (tertiary/aromatic N) is 2. The maximum Gasteiger partial charge on any atom is 0.119 e. The summed E-state index contributed by atoms with van der Waals surface area (Å²) in [4.78, 5) is 7.63. The van der Waals surface area contributed by atoms with Crippen LogP contribution in [-0.2, 0) is 18.3 Å². The Morgan fingerprint density at radius 1 is 1.16 bits per heavy atom. The molecule has 2 aromatic carbocycles. The minimum absolute atomic E-state index is 0.365. The number of para-hydroxylation sites is 1. The van der Waals surface area contributed by atoms with Crippen LogP contribution in [-0.4, -0.2) is 47.3 Å². The molecule has 0 radical (unpaired) electrons. The molecule has 1 aromatic heterocycles. The number of hydrogen-bond donors (Lipinski definition) is 1. The lowest BCUT2D eigenvalue weighted by atomic mass is 9.56. The van der Waals surface area contributed by atoms with Crippen molar-refractivity contribution in [1.29, 1.82) is 0 Å². The van der Waals surface area contributed by atoms with Crippen molar-refractivity contribution in [3.63, 3.8) is 0 Å². The van der Waals surface area contributed by atoms with Crippen molar-refractivity contribution < 1.29 is 9.84 Å². The minimum atomic E-state index is -0.832. The number of methoxy groups -OCH3 is 1. The van der Waals surface area contributed by atoms with Crippen LogP contribution in [0.4, 0.5) is 0 Å². The van der Waals surface area contributed by atoms with Gasteiger partial charge in [-0.1, -0.05) is 24.3 Å². The van der Waals surface area contributed by atoms with E-state index in [0.717, 1.165) is 65.2 Å². The lowest BCUT2D eigenvalue weighted by Gasteiger charge is -2.56. The number of aromatic nitrogens is 1. The minimum Gasteiger partial charge on any atom is -0.497 e. The molecule has 5 heteroatoms. The Bertz CT molecular complexity index is 1190. The van der Waals surface area contributed by atoms with Gasteiger partial charge in [0.1, 0.15) is 5.75 Å². The van der Waals surface area contributed by atoms with Gasteiger partial charge in [0.2, 0.25) is 0 Å². The summed E-state index contributed by atoms with van der Waals surface area (Å²) < 4.78 is 6.59. The third-order valence-corrected chi connectivity index (χ3v) is 8.62. The average molecular weight is 493 g/mol. The zero-order chi connectivity index (χ0) is 21.9. The lowest BCUT2D eigenvalue weighted by Crippen LogP contribution is -2.66. The molecule has 2 fully saturated rings. The van der Waals surface area contributed by atoms with Crippen molar-refractivity contribution in [3.8, 4) is 5.75 Å². The van der Waals surface area contributed by atoms with Crippen molar-refractivity contribution in [1.82, 2.24) is 9.88 Å². The van der Waals surface area contributed by atoms with Gasteiger partial charge in [0.05, 0.1) is 18.2 Å². The Balaban J connectivity index is 1.49. The van der Waals surface area contributed by atoms with E-state index in [0.29, 0.717) is 6.42 Å². The summed E-state index contributed by atoms with van der Waals surface area (Å²) >= 11 is 3.68. The van der Waals surface area contributed by atoms with E-state index < -0.39 is 5.60 Å². The van der Waals surface area contributed by atoms with Crippen molar-refractivity contribution in [2.24, 2.45) is 5.92 Å². The largest absolute Gasteiger partial charge is 0.497 e. The molecular formula is C27H29BrN2O2. The van der Waals surface area contributed by atoms with Gasteiger partial charge in [-0.05, 0) is 83.0 Å². The number of ether oxygens (including phenoxy) is 1. The van der Waals surface area contributed by atoms with E-state index in [1.807, 2.05) is 6.07 Å². The molecule has 4 nitrogen and oxygen atoms in total. The van der Waals surface area contributed by atoms with Crippen LogP contribution in [0.2, 0.25) is 0 Å². The van der Waals surface area contributed by atoms with Gasteiger partial charge in [0.25, 0.3) is 0 Å². The second kappa shape index (κ2) is 7.54. The number of likely N-dealkylation sites (tertiary alicyclic amines) is 1. The fourth-order valence-corrected chi connectivity index (χ4v) is 6.54. The molecule has 2 atom stereocenters. The summed E-state index contributed by atoms with van der Waals surface area (Å²) in [6.45, 7) is 2.85. The van der Waals surface area contributed by atoms with Gasteiger partial charge in [-0.15, -0.1) is 0 Å². The van der Waals surface area contributed by atoms with E-state index in [4.69, 9.17) is 9.72 Å². The highest BCUT2D eigenvalue weighted by atomic mass is 79.9. The fourth-order valence-electron chi connectivity index (χ4n) is 6.07. The number of pyridine rings is 1. The van der Waals surface area contributed by atoms with Crippen LogP contribution in [0, 0.1) is 5.92 Å². The van der Waals surface area contributed by atoms with Gasteiger partial charge in [-0.25, -0.2) is 0 Å². The van der Waals surface area contributed by atoms with Crippen LogP contribution >= 0.6 is 15.9 Å². The van der Waals surface area contributed by atoms with E-state index in [-0.39, 0.29) is 5.41 Å². The highest BCUT2D eigenvalue weighted by Crippen LogP contribution is 2.51. The molecule has 2 aliphatic carbocycles. The van der Waals surface area contributed by atoms with Gasteiger partial charge >= 0.3 is 0 Å². The summed E-state index contributed by atoms with van der Waals surface area (Å²) in [6, 6.07) is 16.8. The summed E-state index contributed by atoms with van der Waals surface area (Å²) in [5, 5.41) is 13.5. The highest BCUT2D eigenvalue weighted by Gasteiger charge is 2.57. The first kappa shape index (κ1) is 20.6. The molecule has 1 saturated carbocycles.